The Morgan fingerprint density at radius 1 is 1.45 bits per heavy atom. The molecule has 0 unspecified atom stereocenters. The van der Waals surface area contributed by atoms with Crippen molar-refractivity contribution in [2.24, 2.45) is 7.05 Å². The maximum absolute atomic E-state index is 6.21. The Labute approximate surface area is 125 Å². The molecular weight excluding hydrogens is 292 g/mol. The normalized spacial score (nSPS) is 14.7. The lowest BCUT2D eigenvalue weighted by molar-refractivity contribution is 0.621. The zero-order chi connectivity index (χ0) is 13.7. The maximum Gasteiger partial charge on any atom is 0.142 e. The molecule has 0 saturated heterocycles. The van der Waals surface area contributed by atoms with Crippen molar-refractivity contribution in [3.05, 3.63) is 33.4 Å². The highest BCUT2D eigenvalue weighted by atomic mass is 35.5. The molecule has 0 radical (unpaired) electrons. The fraction of sp³-hybridized carbons (Fsp3) is 0.286. The number of thiazole rings is 1. The average Bonchev–Trinajstić information content (AvgIpc) is 3.07. The Hall–Kier alpha value is -1.43. The minimum Gasteiger partial charge on any atom is -0.332 e. The Bertz CT molecular complexity index is 791. The number of nitrogens with zero attached hydrogens (tertiary/aromatic N) is 3. The SMILES string of the molecule is Cn1c2c(c3c(-c4cscn4)cc(Cl)nc31)CNCC2. The number of rotatable bonds is 1. The van der Waals surface area contributed by atoms with Crippen LogP contribution in [0.1, 0.15) is 11.3 Å². The Kier molecular flexibility index (Phi) is 2.80. The zero-order valence-corrected chi connectivity index (χ0v) is 12.6. The summed E-state index contributed by atoms with van der Waals surface area (Å²) in [5, 5.41) is 7.20. The van der Waals surface area contributed by atoms with Gasteiger partial charge in [-0.15, -0.1) is 11.3 Å². The second-order valence-electron chi connectivity index (χ2n) is 4.98. The van der Waals surface area contributed by atoms with Crippen LogP contribution in [0.3, 0.4) is 0 Å². The Morgan fingerprint density at radius 3 is 3.15 bits per heavy atom. The predicted octanol–water partition coefficient (Wildman–Crippen LogP) is 3.00. The van der Waals surface area contributed by atoms with Gasteiger partial charge < -0.3 is 9.88 Å². The molecular formula is C14H13ClN4S. The van der Waals surface area contributed by atoms with Gasteiger partial charge in [0.2, 0.25) is 0 Å². The molecule has 1 aliphatic heterocycles. The van der Waals surface area contributed by atoms with E-state index < -0.39 is 0 Å². The summed E-state index contributed by atoms with van der Waals surface area (Å²) in [6.07, 6.45) is 1.02. The lowest BCUT2D eigenvalue weighted by Crippen LogP contribution is -2.24. The fourth-order valence-electron chi connectivity index (χ4n) is 2.99. The summed E-state index contributed by atoms with van der Waals surface area (Å²) < 4.78 is 2.17. The van der Waals surface area contributed by atoms with Gasteiger partial charge >= 0.3 is 0 Å². The molecule has 0 bridgehead atoms. The van der Waals surface area contributed by atoms with Gasteiger partial charge in [0.25, 0.3) is 0 Å². The van der Waals surface area contributed by atoms with Crippen molar-refractivity contribution < 1.29 is 0 Å². The number of aryl methyl sites for hydroxylation is 1. The molecule has 20 heavy (non-hydrogen) atoms. The van der Waals surface area contributed by atoms with Gasteiger partial charge in [-0.05, 0) is 11.6 Å². The molecule has 4 rings (SSSR count). The highest BCUT2D eigenvalue weighted by Crippen LogP contribution is 2.36. The summed E-state index contributed by atoms with van der Waals surface area (Å²) in [5.41, 5.74) is 7.55. The van der Waals surface area contributed by atoms with Crippen LogP contribution in [0.25, 0.3) is 22.3 Å². The van der Waals surface area contributed by atoms with Crippen LogP contribution in [0, 0.1) is 0 Å². The van der Waals surface area contributed by atoms with Gasteiger partial charge in [0.1, 0.15) is 10.8 Å². The van der Waals surface area contributed by atoms with E-state index in [1.165, 1.54) is 16.6 Å². The topological polar surface area (TPSA) is 42.7 Å². The molecule has 0 spiro atoms. The summed E-state index contributed by atoms with van der Waals surface area (Å²) in [6, 6.07) is 1.92. The molecule has 0 aromatic carbocycles. The molecule has 3 aromatic heterocycles. The van der Waals surface area contributed by atoms with Gasteiger partial charge in [0, 0.05) is 48.6 Å². The van der Waals surface area contributed by atoms with Crippen molar-refractivity contribution in [1.82, 2.24) is 19.9 Å². The van der Waals surface area contributed by atoms with Gasteiger partial charge in [0.15, 0.2) is 0 Å². The minimum absolute atomic E-state index is 0.520. The van der Waals surface area contributed by atoms with Crippen molar-refractivity contribution >= 4 is 34.0 Å². The number of nitrogens with one attached hydrogen (secondary N) is 1. The quantitative estimate of drug-likeness (QED) is 0.703. The van der Waals surface area contributed by atoms with Crippen molar-refractivity contribution in [2.75, 3.05) is 6.54 Å². The molecule has 4 nitrogen and oxygen atoms in total. The number of aromatic nitrogens is 3. The molecule has 0 amide bonds. The average molecular weight is 305 g/mol. The van der Waals surface area contributed by atoms with Crippen molar-refractivity contribution in [2.45, 2.75) is 13.0 Å². The second-order valence-corrected chi connectivity index (χ2v) is 6.08. The van der Waals surface area contributed by atoms with E-state index in [1.807, 2.05) is 11.6 Å². The van der Waals surface area contributed by atoms with Crippen LogP contribution in [0.15, 0.2) is 17.0 Å². The molecule has 1 N–H and O–H groups in total. The first kappa shape index (κ1) is 12.3. The third-order valence-corrected chi connectivity index (χ3v) is 4.67. The molecule has 0 atom stereocenters. The molecule has 1 aliphatic rings. The fourth-order valence-corrected chi connectivity index (χ4v) is 3.73. The highest BCUT2D eigenvalue weighted by Gasteiger charge is 2.22. The van der Waals surface area contributed by atoms with Crippen molar-refractivity contribution in [3.63, 3.8) is 0 Å². The first-order valence-electron chi connectivity index (χ1n) is 6.51. The number of halogens is 1. The smallest absolute Gasteiger partial charge is 0.142 e. The van der Waals surface area contributed by atoms with Crippen LogP contribution >= 0.6 is 22.9 Å². The van der Waals surface area contributed by atoms with E-state index in [0.29, 0.717) is 5.15 Å². The van der Waals surface area contributed by atoms with E-state index >= 15 is 0 Å². The molecule has 0 fully saturated rings. The van der Waals surface area contributed by atoms with Gasteiger partial charge in [-0.3, -0.25) is 0 Å². The van der Waals surface area contributed by atoms with Crippen LogP contribution in [-0.4, -0.2) is 21.1 Å². The third-order valence-electron chi connectivity index (χ3n) is 3.89. The number of fused-ring (bicyclic) bond motifs is 3. The Balaban J connectivity index is 2.13. The zero-order valence-electron chi connectivity index (χ0n) is 11.0. The molecule has 3 aromatic rings. The lowest BCUT2D eigenvalue weighted by Gasteiger charge is -2.14. The molecule has 0 saturated carbocycles. The summed E-state index contributed by atoms with van der Waals surface area (Å²) in [4.78, 5) is 8.97. The molecule has 6 heteroatoms. The largest absolute Gasteiger partial charge is 0.332 e. The summed E-state index contributed by atoms with van der Waals surface area (Å²) in [5.74, 6) is 0. The standard InChI is InChI=1S/C14H13ClN4S/c1-19-11-2-3-16-5-9(11)13-8(10-6-20-7-17-10)4-12(15)18-14(13)19/h4,6-7,16H,2-3,5H2,1H3. The molecule has 0 aliphatic carbocycles. The highest BCUT2D eigenvalue weighted by molar-refractivity contribution is 7.07. The summed E-state index contributed by atoms with van der Waals surface area (Å²) in [6.45, 7) is 1.89. The summed E-state index contributed by atoms with van der Waals surface area (Å²) in [7, 11) is 2.07. The van der Waals surface area contributed by atoms with Gasteiger partial charge in [0.05, 0.1) is 11.2 Å². The van der Waals surface area contributed by atoms with E-state index in [9.17, 15) is 0 Å². The van der Waals surface area contributed by atoms with E-state index in [-0.39, 0.29) is 0 Å². The van der Waals surface area contributed by atoms with Crippen molar-refractivity contribution in [3.8, 4) is 11.3 Å². The monoisotopic (exact) mass is 304 g/mol. The lowest BCUT2D eigenvalue weighted by atomic mass is 10.0. The first-order chi connectivity index (χ1) is 9.75. The molecule has 4 heterocycles. The summed E-state index contributed by atoms with van der Waals surface area (Å²) >= 11 is 7.81. The van der Waals surface area contributed by atoms with Crippen molar-refractivity contribution in [1.29, 1.82) is 0 Å². The van der Waals surface area contributed by atoms with E-state index in [4.69, 9.17) is 11.6 Å². The van der Waals surface area contributed by atoms with Crippen LogP contribution in [0.4, 0.5) is 0 Å². The van der Waals surface area contributed by atoms with E-state index in [1.54, 1.807) is 11.3 Å². The minimum atomic E-state index is 0.520. The van der Waals surface area contributed by atoms with Crippen LogP contribution in [0.5, 0.6) is 0 Å². The molecule has 102 valence electrons. The van der Waals surface area contributed by atoms with Crippen LogP contribution in [-0.2, 0) is 20.0 Å². The van der Waals surface area contributed by atoms with Gasteiger partial charge in [-0.2, -0.15) is 0 Å². The number of pyridine rings is 1. The van der Waals surface area contributed by atoms with E-state index in [0.717, 1.165) is 36.4 Å². The van der Waals surface area contributed by atoms with Gasteiger partial charge in [-0.25, -0.2) is 9.97 Å². The Morgan fingerprint density at radius 2 is 2.35 bits per heavy atom. The maximum atomic E-state index is 6.21. The second kappa shape index (κ2) is 4.55. The van der Waals surface area contributed by atoms with Crippen LogP contribution < -0.4 is 5.32 Å². The van der Waals surface area contributed by atoms with Crippen LogP contribution in [0.2, 0.25) is 5.15 Å². The first-order valence-corrected chi connectivity index (χ1v) is 7.83. The van der Waals surface area contributed by atoms with E-state index in [2.05, 4.69) is 32.3 Å². The van der Waals surface area contributed by atoms with Gasteiger partial charge in [-0.1, -0.05) is 11.6 Å². The predicted molar refractivity (Wildman–Crippen MR) is 82.2 cm³/mol. The number of hydrogen-bond donors (Lipinski definition) is 1. The third kappa shape index (κ3) is 1.70. The number of hydrogen-bond acceptors (Lipinski definition) is 4.